The molecule has 0 unspecified atom stereocenters. The smallest absolute Gasteiger partial charge is 0.238 e. The van der Waals surface area contributed by atoms with E-state index in [2.05, 4.69) is 17.2 Å². The third-order valence-corrected chi connectivity index (χ3v) is 2.36. The topological polar surface area (TPSA) is 58.4 Å². The zero-order valence-corrected chi connectivity index (χ0v) is 11.2. The van der Waals surface area contributed by atoms with Crippen molar-refractivity contribution in [1.29, 1.82) is 0 Å². The summed E-state index contributed by atoms with van der Waals surface area (Å²) in [6, 6.07) is 5.22. The van der Waals surface area contributed by atoms with Crippen LogP contribution in [0.1, 0.15) is 5.56 Å². The highest BCUT2D eigenvalue weighted by atomic mass is 35.5. The molecule has 0 saturated heterocycles. The van der Waals surface area contributed by atoms with Crippen LogP contribution in [0.3, 0.4) is 0 Å². The Morgan fingerprint density at radius 2 is 2.22 bits per heavy atom. The second-order valence-corrected chi connectivity index (χ2v) is 4.39. The van der Waals surface area contributed by atoms with Crippen LogP contribution in [0.15, 0.2) is 18.2 Å². The van der Waals surface area contributed by atoms with E-state index in [0.717, 1.165) is 5.56 Å². The normalized spacial score (nSPS) is 9.83. The molecule has 0 aliphatic rings. The Morgan fingerprint density at radius 3 is 2.83 bits per heavy atom. The first-order valence-electron chi connectivity index (χ1n) is 5.46. The van der Waals surface area contributed by atoms with Gasteiger partial charge in [-0.05, 0) is 32.3 Å². The molecule has 0 aliphatic carbocycles. The van der Waals surface area contributed by atoms with Crippen molar-refractivity contribution in [3.63, 3.8) is 0 Å². The van der Waals surface area contributed by atoms with E-state index in [1.165, 1.54) is 0 Å². The fourth-order valence-corrected chi connectivity index (χ4v) is 1.49. The van der Waals surface area contributed by atoms with Crippen LogP contribution in [0.25, 0.3) is 0 Å². The molecule has 3 N–H and O–H groups in total. The van der Waals surface area contributed by atoms with Gasteiger partial charge in [-0.2, -0.15) is 0 Å². The Labute approximate surface area is 112 Å². The fourth-order valence-electron chi connectivity index (χ4n) is 1.33. The summed E-state index contributed by atoms with van der Waals surface area (Å²) in [7, 11) is 3.65. The molecule has 0 saturated carbocycles. The maximum absolute atomic E-state index is 11.6. The number of nitrogens with two attached hydrogens (primary N) is 1. The number of rotatable bonds is 3. The molecule has 18 heavy (non-hydrogen) atoms. The van der Waals surface area contributed by atoms with Gasteiger partial charge in [-0.1, -0.05) is 23.4 Å². The molecule has 0 fully saturated rings. The number of benzene rings is 1. The lowest BCUT2D eigenvalue weighted by Gasteiger charge is -2.11. The zero-order valence-electron chi connectivity index (χ0n) is 10.5. The van der Waals surface area contributed by atoms with E-state index < -0.39 is 0 Å². The molecule has 0 radical (unpaired) electrons. The minimum absolute atomic E-state index is 0.120. The van der Waals surface area contributed by atoms with Crippen LogP contribution >= 0.6 is 11.6 Å². The second kappa shape index (κ2) is 7.02. The molecule has 96 valence electrons. The van der Waals surface area contributed by atoms with Gasteiger partial charge in [-0.15, -0.1) is 0 Å². The summed E-state index contributed by atoms with van der Waals surface area (Å²) in [6.07, 6.45) is 0. The molecular weight excluding hydrogens is 250 g/mol. The van der Waals surface area contributed by atoms with Gasteiger partial charge in [0.05, 0.1) is 23.8 Å². The van der Waals surface area contributed by atoms with Gasteiger partial charge < -0.3 is 16.0 Å². The third kappa shape index (κ3) is 4.76. The maximum Gasteiger partial charge on any atom is 0.238 e. The number of carbonyl (C=O) groups is 1. The summed E-state index contributed by atoms with van der Waals surface area (Å²) < 4.78 is 0. The van der Waals surface area contributed by atoms with E-state index in [-0.39, 0.29) is 5.91 Å². The Hall–Kier alpha value is -1.54. The van der Waals surface area contributed by atoms with Crippen LogP contribution < -0.4 is 11.1 Å². The predicted molar refractivity (Wildman–Crippen MR) is 74.6 cm³/mol. The highest BCUT2D eigenvalue weighted by Gasteiger charge is 2.07. The third-order valence-electron chi connectivity index (χ3n) is 2.04. The van der Waals surface area contributed by atoms with Crippen molar-refractivity contribution in [1.82, 2.24) is 4.90 Å². The van der Waals surface area contributed by atoms with Crippen molar-refractivity contribution in [2.75, 3.05) is 32.5 Å². The van der Waals surface area contributed by atoms with E-state index in [9.17, 15) is 4.79 Å². The summed E-state index contributed by atoms with van der Waals surface area (Å²) in [5.41, 5.74) is 6.64. The first-order valence-corrected chi connectivity index (χ1v) is 5.84. The lowest BCUT2D eigenvalue weighted by molar-refractivity contribution is -0.116. The number of hydrogen-bond donors (Lipinski definition) is 2. The monoisotopic (exact) mass is 265 g/mol. The minimum Gasteiger partial charge on any atom is -0.324 e. The summed E-state index contributed by atoms with van der Waals surface area (Å²) >= 11 is 6.01. The number of halogens is 1. The van der Waals surface area contributed by atoms with Crippen molar-refractivity contribution < 1.29 is 4.79 Å². The van der Waals surface area contributed by atoms with Gasteiger partial charge in [0.1, 0.15) is 0 Å². The van der Waals surface area contributed by atoms with E-state index in [1.54, 1.807) is 23.1 Å². The first kappa shape index (κ1) is 14.5. The number of likely N-dealkylation sites (N-methyl/N-ethyl adjacent to an activating group) is 1. The second-order valence-electron chi connectivity index (χ2n) is 3.99. The number of nitrogens with zero attached hydrogens (tertiary/aromatic N) is 1. The van der Waals surface area contributed by atoms with Gasteiger partial charge >= 0.3 is 0 Å². The molecule has 1 amide bonds. The van der Waals surface area contributed by atoms with Gasteiger partial charge in [-0.25, -0.2) is 0 Å². The van der Waals surface area contributed by atoms with Crippen LogP contribution in [-0.2, 0) is 4.79 Å². The number of nitrogens with one attached hydrogen (secondary N) is 1. The summed E-state index contributed by atoms with van der Waals surface area (Å²) in [5.74, 6) is 5.52. The lowest BCUT2D eigenvalue weighted by Crippen LogP contribution is -2.27. The van der Waals surface area contributed by atoms with E-state index in [0.29, 0.717) is 23.8 Å². The average molecular weight is 266 g/mol. The molecular formula is C13H16ClN3O. The first-order chi connectivity index (χ1) is 8.52. The lowest BCUT2D eigenvalue weighted by atomic mass is 10.2. The summed E-state index contributed by atoms with van der Waals surface area (Å²) in [4.78, 5) is 13.4. The van der Waals surface area contributed by atoms with E-state index in [1.807, 2.05) is 14.1 Å². The van der Waals surface area contributed by atoms with Gasteiger partial charge in [0.15, 0.2) is 0 Å². The highest BCUT2D eigenvalue weighted by Crippen LogP contribution is 2.22. The Morgan fingerprint density at radius 1 is 1.50 bits per heavy atom. The number of hydrogen-bond acceptors (Lipinski definition) is 3. The molecule has 4 nitrogen and oxygen atoms in total. The van der Waals surface area contributed by atoms with Crippen LogP contribution in [0.5, 0.6) is 0 Å². The highest BCUT2D eigenvalue weighted by molar-refractivity contribution is 6.33. The van der Waals surface area contributed by atoms with Crippen LogP contribution in [-0.4, -0.2) is 38.0 Å². The zero-order chi connectivity index (χ0) is 13.5. The maximum atomic E-state index is 11.6. The standard InChI is InChI=1S/C13H16ClN3O/c1-17(2)9-13(18)16-12-8-10(4-3-7-15)5-6-11(12)14/h5-6,8H,7,9,15H2,1-2H3,(H,16,18). The molecule has 0 aromatic heterocycles. The minimum atomic E-state index is -0.120. The van der Waals surface area contributed by atoms with Gasteiger partial charge in [0, 0.05) is 5.56 Å². The summed E-state index contributed by atoms with van der Waals surface area (Å²) in [6.45, 7) is 0.597. The SMILES string of the molecule is CN(C)CC(=O)Nc1cc(C#CCN)ccc1Cl. The fraction of sp³-hybridized carbons (Fsp3) is 0.308. The van der Waals surface area contributed by atoms with Crippen molar-refractivity contribution in [2.45, 2.75) is 0 Å². The van der Waals surface area contributed by atoms with Crippen molar-refractivity contribution in [2.24, 2.45) is 5.73 Å². The number of amides is 1. The molecule has 0 bridgehead atoms. The van der Waals surface area contributed by atoms with Crippen LogP contribution in [0, 0.1) is 11.8 Å². The molecule has 0 aliphatic heterocycles. The Balaban J connectivity index is 2.84. The largest absolute Gasteiger partial charge is 0.324 e. The molecule has 0 atom stereocenters. The van der Waals surface area contributed by atoms with Crippen LogP contribution in [0.4, 0.5) is 5.69 Å². The Kier molecular flexibility index (Phi) is 5.66. The van der Waals surface area contributed by atoms with E-state index >= 15 is 0 Å². The molecule has 1 aromatic rings. The molecule has 1 rings (SSSR count). The van der Waals surface area contributed by atoms with E-state index in [4.69, 9.17) is 17.3 Å². The van der Waals surface area contributed by atoms with Gasteiger partial charge in [0.25, 0.3) is 0 Å². The quantitative estimate of drug-likeness (QED) is 0.806. The summed E-state index contributed by atoms with van der Waals surface area (Å²) in [5, 5.41) is 3.23. The van der Waals surface area contributed by atoms with Crippen LogP contribution in [0.2, 0.25) is 5.02 Å². The van der Waals surface area contributed by atoms with Gasteiger partial charge in [-0.3, -0.25) is 4.79 Å². The predicted octanol–water partition coefficient (Wildman–Crippen LogP) is 1.15. The Bertz CT molecular complexity index is 489. The molecule has 0 heterocycles. The van der Waals surface area contributed by atoms with Crippen molar-refractivity contribution in [3.05, 3.63) is 28.8 Å². The van der Waals surface area contributed by atoms with Crippen molar-refractivity contribution in [3.8, 4) is 11.8 Å². The number of carbonyl (C=O) groups excluding carboxylic acids is 1. The molecule has 0 spiro atoms. The van der Waals surface area contributed by atoms with Gasteiger partial charge in [0.2, 0.25) is 5.91 Å². The molecule has 1 aromatic carbocycles. The average Bonchev–Trinajstić information content (AvgIpc) is 2.29. The molecule has 5 heteroatoms. The number of anilines is 1. The van der Waals surface area contributed by atoms with Crippen molar-refractivity contribution >= 4 is 23.2 Å².